The second-order valence-electron chi connectivity index (χ2n) is 3.43. The average molecular weight is 216 g/mol. The van der Waals surface area contributed by atoms with Crippen molar-refractivity contribution in [3.05, 3.63) is 23.7 Å². The Bertz CT molecular complexity index is 340. The standard InChI is InChI=1S/C9H12O4S/c1-9(2,14(3)12)7-5-4-6(13-7)8(10)11/h4-5H,1-3H3,(H,10,11). The van der Waals surface area contributed by atoms with Crippen molar-refractivity contribution in [3.63, 3.8) is 0 Å². The molecule has 1 rings (SSSR count). The molecule has 0 amide bonds. The summed E-state index contributed by atoms with van der Waals surface area (Å²) in [5.74, 6) is -0.816. The van der Waals surface area contributed by atoms with Crippen molar-refractivity contribution in [1.82, 2.24) is 0 Å². The molecule has 1 aromatic rings. The van der Waals surface area contributed by atoms with Crippen LogP contribution in [0.1, 0.15) is 30.2 Å². The molecule has 0 saturated heterocycles. The molecule has 0 saturated carbocycles. The SMILES string of the molecule is C[S+]([O-])C(C)(C)c1ccc(C(=O)O)o1. The molecular formula is C9H12O4S. The first-order valence-electron chi connectivity index (χ1n) is 4.03. The van der Waals surface area contributed by atoms with E-state index in [-0.39, 0.29) is 5.76 Å². The van der Waals surface area contributed by atoms with Gasteiger partial charge in [-0.05, 0) is 37.2 Å². The van der Waals surface area contributed by atoms with E-state index in [0.717, 1.165) is 0 Å². The van der Waals surface area contributed by atoms with Crippen LogP contribution in [0.2, 0.25) is 0 Å². The van der Waals surface area contributed by atoms with Gasteiger partial charge in [0.2, 0.25) is 5.76 Å². The lowest BCUT2D eigenvalue weighted by molar-refractivity contribution is 0.0659. The first-order chi connectivity index (χ1) is 6.35. The smallest absolute Gasteiger partial charge is 0.371 e. The number of carboxylic acids is 1. The van der Waals surface area contributed by atoms with Gasteiger partial charge in [0.1, 0.15) is 0 Å². The fourth-order valence-electron chi connectivity index (χ4n) is 0.918. The molecule has 0 spiro atoms. The molecule has 78 valence electrons. The Kier molecular flexibility index (Phi) is 2.92. The zero-order chi connectivity index (χ0) is 10.9. The summed E-state index contributed by atoms with van der Waals surface area (Å²) in [4.78, 5) is 10.5. The van der Waals surface area contributed by atoms with E-state index in [1.807, 2.05) is 0 Å². The van der Waals surface area contributed by atoms with Crippen LogP contribution < -0.4 is 0 Å². The number of rotatable bonds is 3. The fourth-order valence-corrected chi connectivity index (χ4v) is 1.31. The van der Waals surface area contributed by atoms with E-state index in [1.165, 1.54) is 6.07 Å². The van der Waals surface area contributed by atoms with Gasteiger partial charge in [0, 0.05) is 0 Å². The van der Waals surface area contributed by atoms with E-state index in [0.29, 0.717) is 5.76 Å². The summed E-state index contributed by atoms with van der Waals surface area (Å²) in [6.07, 6.45) is 1.56. The number of hydrogen-bond donors (Lipinski definition) is 1. The van der Waals surface area contributed by atoms with E-state index < -0.39 is 21.9 Å². The van der Waals surface area contributed by atoms with Crippen LogP contribution in [-0.2, 0) is 15.9 Å². The molecule has 0 bridgehead atoms. The highest BCUT2D eigenvalue weighted by Gasteiger charge is 2.34. The topological polar surface area (TPSA) is 73.5 Å². The van der Waals surface area contributed by atoms with Crippen LogP contribution in [0.25, 0.3) is 0 Å². The summed E-state index contributed by atoms with van der Waals surface area (Å²) >= 11 is -1.11. The van der Waals surface area contributed by atoms with Crippen molar-refractivity contribution in [3.8, 4) is 0 Å². The molecule has 0 aliphatic rings. The molecule has 0 aliphatic heterocycles. The summed E-state index contributed by atoms with van der Waals surface area (Å²) in [6, 6.07) is 2.91. The van der Waals surface area contributed by atoms with Gasteiger partial charge >= 0.3 is 5.97 Å². The van der Waals surface area contributed by atoms with Gasteiger partial charge in [-0.3, -0.25) is 0 Å². The van der Waals surface area contributed by atoms with Crippen molar-refractivity contribution in [1.29, 1.82) is 0 Å². The van der Waals surface area contributed by atoms with Crippen molar-refractivity contribution < 1.29 is 18.9 Å². The molecule has 0 radical (unpaired) electrons. The lowest BCUT2D eigenvalue weighted by Gasteiger charge is -2.23. The molecule has 1 unspecified atom stereocenters. The molecule has 1 heterocycles. The Labute approximate surface area is 85.1 Å². The lowest BCUT2D eigenvalue weighted by Crippen LogP contribution is -2.27. The third-order valence-electron chi connectivity index (χ3n) is 2.13. The van der Waals surface area contributed by atoms with Crippen molar-refractivity contribution in [2.24, 2.45) is 0 Å². The zero-order valence-electron chi connectivity index (χ0n) is 8.23. The highest BCUT2D eigenvalue weighted by molar-refractivity contribution is 7.91. The van der Waals surface area contributed by atoms with Gasteiger partial charge < -0.3 is 14.1 Å². The second-order valence-corrected chi connectivity index (χ2v) is 5.36. The Morgan fingerprint density at radius 2 is 2.14 bits per heavy atom. The van der Waals surface area contributed by atoms with Crippen LogP contribution in [0.4, 0.5) is 0 Å². The van der Waals surface area contributed by atoms with Gasteiger partial charge in [0.15, 0.2) is 10.5 Å². The predicted molar refractivity (Wildman–Crippen MR) is 52.8 cm³/mol. The van der Waals surface area contributed by atoms with E-state index in [9.17, 15) is 9.35 Å². The van der Waals surface area contributed by atoms with Crippen molar-refractivity contribution >= 4 is 17.1 Å². The number of hydrogen-bond acceptors (Lipinski definition) is 3. The monoisotopic (exact) mass is 216 g/mol. The molecule has 0 aromatic carbocycles. The van der Waals surface area contributed by atoms with Crippen LogP contribution in [0, 0.1) is 0 Å². The van der Waals surface area contributed by atoms with E-state index >= 15 is 0 Å². The number of carbonyl (C=O) groups is 1. The molecule has 1 aromatic heterocycles. The molecule has 5 heteroatoms. The van der Waals surface area contributed by atoms with Gasteiger partial charge in [0.05, 0.1) is 6.26 Å². The minimum Gasteiger partial charge on any atom is -0.616 e. The zero-order valence-corrected chi connectivity index (χ0v) is 9.05. The van der Waals surface area contributed by atoms with Crippen LogP contribution in [0.5, 0.6) is 0 Å². The highest BCUT2D eigenvalue weighted by atomic mass is 32.2. The van der Waals surface area contributed by atoms with Gasteiger partial charge in [0.25, 0.3) is 0 Å². The van der Waals surface area contributed by atoms with Crippen LogP contribution in [0.15, 0.2) is 16.5 Å². The van der Waals surface area contributed by atoms with Gasteiger partial charge in [-0.25, -0.2) is 4.79 Å². The molecule has 1 N–H and O–H groups in total. The third kappa shape index (κ3) is 1.93. The summed E-state index contributed by atoms with van der Waals surface area (Å²) < 4.78 is 15.8. The fraction of sp³-hybridized carbons (Fsp3) is 0.444. The summed E-state index contributed by atoms with van der Waals surface area (Å²) in [5.41, 5.74) is 0. The summed E-state index contributed by atoms with van der Waals surface area (Å²) in [6.45, 7) is 3.49. The Morgan fingerprint density at radius 1 is 1.57 bits per heavy atom. The predicted octanol–water partition coefficient (Wildman–Crippen LogP) is 1.59. The lowest BCUT2D eigenvalue weighted by atomic mass is 10.1. The Balaban J connectivity index is 3.02. The van der Waals surface area contributed by atoms with Crippen LogP contribution in [0.3, 0.4) is 0 Å². The number of aromatic carboxylic acids is 1. The number of carboxylic acid groups (broad SMARTS) is 1. The normalized spacial score (nSPS) is 14.0. The Hall–Kier alpha value is -0.940. The quantitative estimate of drug-likeness (QED) is 0.779. The molecule has 0 fully saturated rings. The summed E-state index contributed by atoms with van der Waals surface area (Å²) in [7, 11) is 0. The van der Waals surface area contributed by atoms with Crippen LogP contribution in [-0.4, -0.2) is 21.9 Å². The molecule has 14 heavy (non-hydrogen) atoms. The van der Waals surface area contributed by atoms with Crippen molar-refractivity contribution in [2.75, 3.05) is 6.26 Å². The second kappa shape index (κ2) is 3.67. The van der Waals surface area contributed by atoms with Gasteiger partial charge in [-0.2, -0.15) is 0 Å². The Morgan fingerprint density at radius 3 is 2.50 bits per heavy atom. The average Bonchev–Trinajstić information content (AvgIpc) is 2.51. The van der Waals surface area contributed by atoms with Gasteiger partial charge in [-0.15, -0.1) is 0 Å². The molecular weight excluding hydrogens is 204 g/mol. The minimum absolute atomic E-state index is 0.126. The third-order valence-corrected chi connectivity index (χ3v) is 3.77. The summed E-state index contributed by atoms with van der Waals surface area (Å²) in [5, 5.41) is 8.63. The molecule has 1 atom stereocenters. The van der Waals surface area contributed by atoms with Gasteiger partial charge in [-0.1, -0.05) is 0 Å². The highest BCUT2D eigenvalue weighted by Crippen LogP contribution is 2.30. The molecule has 0 aliphatic carbocycles. The minimum atomic E-state index is -1.12. The van der Waals surface area contributed by atoms with Crippen molar-refractivity contribution in [2.45, 2.75) is 18.6 Å². The number of furan rings is 1. The van der Waals surface area contributed by atoms with Crippen LogP contribution >= 0.6 is 0 Å². The maximum atomic E-state index is 11.3. The largest absolute Gasteiger partial charge is 0.616 e. The maximum absolute atomic E-state index is 11.3. The first-order valence-corrected chi connectivity index (χ1v) is 5.58. The first kappa shape index (κ1) is 11.1. The molecule has 4 nitrogen and oxygen atoms in total. The van der Waals surface area contributed by atoms with E-state index in [4.69, 9.17) is 9.52 Å². The maximum Gasteiger partial charge on any atom is 0.371 e. The van der Waals surface area contributed by atoms with E-state index in [2.05, 4.69) is 0 Å². The van der Waals surface area contributed by atoms with E-state index in [1.54, 1.807) is 26.2 Å².